The fourth-order valence-corrected chi connectivity index (χ4v) is 3.68. The molecule has 0 atom stereocenters. The summed E-state index contributed by atoms with van der Waals surface area (Å²) < 4.78 is 17.1. The molecule has 1 aromatic heterocycles. The van der Waals surface area contributed by atoms with Crippen LogP contribution < -0.4 is 19.9 Å². The zero-order valence-electron chi connectivity index (χ0n) is 20.6. The van der Waals surface area contributed by atoms with Crippen molar-refractivity contribution in [3.63, 3.8) is 0 Å². The van der Waals surface area contributed by atoms with Gasteiger partial charge in [-0.15, -0.1) is 0 Å². The summed E-state index contributed by atoms with van der Waals surface area (Å²) >= 11 is 0. The first-order valence-electron chi connectivity index (χ1n) is 11.3. The maximum atomic E-state index is 13.2. The molecule has 0 bridgehead atoms. The van der Waals surface area contributed by atoms with Gasteiger partial charge in [0.1, 0.15) is 5.75 Å². The molecule has 0 unspecified atom stereocenters. The third kappa shape index (κ3) is 5.82. The average molecular weight is 499 g/mol. The number of benzene rings is 3. The Balaban J connectivity index is 1.77. The van der Waals surface area contributed by atoms with Gasteiger partial charge in [-0.05, 0) is 77.9 Å². The molecule has 4 rings (SSSR count). The molecule has 0 radical (unpaired) electrons. The van der Waals surface area contributed by atoms with Crippen LogP contribution in [-0.4, -0.2) is 41.1 Å². The number of aromatic hydroxyl groups is 2. The van der Waals surface area contributed by atoms with Crippen LogP contribution in [0.4, 0.5) is 0 Å². The molecule has 3 aromatic carbocycles. The highest BCUT2D eigenvalue weighted by atomic mass is 16.5. The molecule has 4 aromatic rings. The molecule has 0 aliphatic rings. The van der Waals surface area contributed by atoms with Crippen LogP contribution in [0.3, 0.4) is 0 Å². The lowest BCUT2D eigenvalue weighted by atomic mass is 10.1. The number of phenolic OH excluding ortho intramolecular Hbond substituents is 2. The average Bonchev–Trinajstić information content (AvgIpc) is 2.92. The van der Waals surface area contributed by atoms with Gasteiger partial charge in [-0.3, -0.25) is 4.57 Å². The van der Waals surface area contributed by atoms with E-state index in [1.807, 2.05) is 6.08 Å². The van der Waals surface area contributed by atoms with E-state index in [0.717, 1.165) is 11.1 Å². The largest absolute Gasteiger partial charge is 0.504 e. The normalized spacial score (nSPS) is 11.2. The van der Waals surface area contributed by atoms with Crippen LogP contribution in [0.5, 0.6) is 28.7 Å². The highest BCUT2D eigenvalue weighted by Crippen LogP contribution is 2.28. The minimum Gasteiger partial charge on any atom is -0.504 e. The summed E-state index contributed by atoms with van der Waals surface area (Å²) in [4.78, 5) is 17.4. The highest BCUT2D eigenvalue weighted by Gasteiger charge is 2.09. The number of methoxy groups -OCH3 is 3. The number of nitrogens with zero attached hydrogens (tertiary/aromatic N) is 2. The van der Waals surface area contributed by atoms with Crippen molar-refractivity contribution in [3.05, 3.63) is 99.7 Å². The first-order chi connectivity index (χ1) is 17.9. The van der Waals surface area contributed by atoms with E-state index < -0.39 is 5.69 Å². The van der Waals surface area contributed by atoms with Gasteiger partial charge < -0.3 is 24.4 Å². The molecular weight excluding hydrogens is 472 g/mol. The second-order valence-electron chi connectivity index (χ2n) is 7.95. The first kappa shape index (κ1) is 25.1. The maximum Gasteiger partial charge on any atom is 0.353 e. The maximum absolute atomic E-state index is 13.2. The fourth-order valence-electron chi connectivity index (χ4n) is 3.68. The van der Waals surface area contributed by atoms with E-state index in [-0.39, 0.29) is 11.5 Å². The van der Waals surface area contributed by atoms with Gasteiger partial charge in [0.2, 0.25) is 0 Å². The van der Waals surface area contributed by atoms with Crippen LogP contribution >= 0.6 is 0 Å². The summed E-state index contributed by atoms with van der Waals surface area (Å²) in [5.74, 6) is 1.44. The van der Waals surface area contributed by atoms with Crippen molar-refractivity contribution in [1.82, 2.24) is 9.55 Å². The number of ether oxygens (including phenoxy) is 3. The van der Waals surface area contributed by atoms with Gasteiger partial charge in [-0.1, -0.05) is 24.3 Å². The molecule has 188 valence electrons. The molecule has 2 N–H and O–H groups in total. The van der Waals surface area contributed by atoms with Gasteiger partial charge in [-0.2, -0.15) is 4.98 Å². The van der Waals surface area contributed by atoms with Crippen molar-refractivity contribution in [3.8, 4) is 34.4 Å². The van der Waals surface area contributed by atoms with Gasteiger partial charge in [0.05, 0.1) is 38.4 Å². The van der Waals surface area contributed by atoms with Gasteiger partial charge in [0, 0.05) is 0 Å². The predicted octanol–water partition coefficient (Wildman–Crippen LogP) is 5.01. The van der Waals surface area contributed by atoms with E-state index in [0.29, 0.717) is 34.3 Å². The predicted molar refractivity (Wildman–Crippen MR) is 144 cm³/mol. The van der Waals surface area contributed by atoms with Crippen LogP contribution in [0, 0.1) is 0 Å². The molecular formula is C29H26N2O6. The lowest BCUT2D eigenvalue weighted by Crippen LogP contribution is -2.24. The van der Waals surface area contributed by atoms with Crippen LogP contribution in [0.1, 0.15) is 22.5 Å². The minimum atomic E-state index is -0.460. The molecule has 8 nitrogen and oxygen atoms in total. The molecule has 0 saturated heterocycles. The van der Waals surface area contributed by atoms with Gasteiger partial charge in [0.25, 0.3) is 0 Å². The van der Waals surface area contributed by atoms with Crippen molar-refractivity contribution >= 4 is 24.3 Å². The van der Waals surface area contributed by atoms with Gasteiger partial charge >= 0.3 is 5.69 Å². The third-order valence-corrected chi connectivity index (χ3v) is 5.60. The van der Waals surface area contributed by atoms with Gasteiger partial charge in [0.15, 0.2) is 23.0 Å². The van der Waals surface area contributed by atoms with Crippen LogP contribution in [0.15, 0.2) is 71.5 Å². The fraction of sp³-hybridized carbons (Fsp3) is 0.103. The second-order valence-corrected chi connectivity index (χ2v) is 7.95. The topological polar surface area (TPSA) is 103 Å². The Morgan fingerprint density at radius 1 is 0.703 bits per heavy atom. The monoisotopic (exact) mass is 498 g/mol. The zero-order valence-corrected chi connectivity index (χ0v) is 20.6. The Morgan fingerprint density at radius 3 is 1.81 bits per heavy atom. The molecule has 0 fully saturated rings. The summed E-state index contributed by atoms with van der Waals surface area (Å²) in [6, 6.07) is 18.8. The molecule has 0 spiro atoms. The van der Waals surface area contributed by atoms with E-state index in [1.54, 1.807) is 86.0 Å². The Hall–Kier alpha value is -4.98. The van der Waals surface area contributed by atoms with E-state index in [2.05, 4.69) is 4.98 Å². The van der Waals surface area contributed by atoms with Crippen molar-refractivity contribution in [1.29, 1.82) is 0 Å². The molecule has 8 heteroatoms. The van der Waals surface area contributed by atoms with Gasteiger partial charge in [-0.25, -0.2) is 4.79 Å². The lowest BCUT2D eigenvalue weighted by molar-refractivity contribution is 0.373. The highest BCUT2D eigenvalue weighted by molar-refractivity contribution is 5.74. The summed E-state index contributed by atoms with van der Waals surface area (Å²) in [6.45, 7) is 0. The van der Waals surface area contributed by atoms with Crippen molar-refractivity contribution < 1.29 is 24.4 Å². The quantitative estimate of drug-likeness (QED) is 0.352. The smallest absolute Gasteiger partial charge is 0.353 e. The SMILES string of the molecule is COc1ccc(-n2c(/C=C/c3ccc(O)c(OC)c3)cc(/C=C/c3ccc(O)c(OC)c3)nc2=O)cc1. The number of hydrogen-bond acceptors (Lipinski definition) is 7. The van der Waals surface area contributed by atoms with Crippen LogP contribution in [0.25, 0.3) is 30.0 Å². The molecule has 37 heavy (non-hydrogen) atoms. The number of rotatable bonds is 8. The summed E-state index contributed by atoms with van der Waals surface area (Å²) in [7, 11) is 4.54. The molecule has 0 amide bonds. The van der Waals surface area contributed by atoms with E-state index in [4.69, 9.17) is 14.2 Å². The van der Waals surface area contributed by atoms with E-state index in [1.165, 1.54) is 24.9 Å². The van der Waals surface area contributed by atoms with Crippen molar-refractivity contribution in [2.24, 2.45) is 0 Å². The lowest BCUT2D eigenvalue weighted by Gasteiger charge is -2.11. The number of aromatic nitrogens is 2. The first-order valence-corrected chi connectivity index (χ1v) is 11.3. The Labute approximate surface area is 214 Å². The van der Waals surface area contributed by atoms with Crippen molar-refractivity contribution in [2.45, 2.75) is 0 Å². The van der Waals surface area contributed by atoms with Crippen LogP contribution in [-0.2, 0) is 0 Å². The molecule has 0 aliphatic carbocycles. The number of hydrogen-bond donors (Lipinski definition) is 2. The molecule has 0 aliphatic heterocycles. The van der Waals surface area contributed by atoms with E-state index >= 15 is 0 Å². The molecule has 0 saturated carbocycles. The minimum absolute atomic E-state index is 0.0389. The third-order valence-electron chi connectivity index (χ3n) is 5.60. The van der Waals surface area contributed by atoms with Crippen molar-refractivity contribution in [2.75, 3.05) is 21.3 Å². The second kappa shape index (κ2) is 11.2. The van der Waals surface area contributed by atoms with Crippen LogP contribution in [0.2, 0.25) is 0 Å². The standard InChI is InChI=1S/C29H26N2O6/c1-35-24-12-10-22(11-13-24)31-23(9-5-20-7-15-26(33)28(17-20)37-3)18-21(30-29(31)34)8-4-19-6-14-25(32)27(16-19)36-2/h4-18,32-33H,1-3H3/b8-4+,9-5+. The molecule has 1 heterocycles. The van der Waals surface area contributed by atoms with E-state index in [9.17, 15) is 15.0 Å². The zero-order chi connectivity index (χ0) is 26.4. The summed E-state index contributed by atoms with van der Waals surface area (Å²) in [5, 5.41) is 19.7. The Bertz CT molecular complexity index is 1520. The summed E-state index contributed by atoms with van der Waals surface area (Å²) in [5.41, 5.74) is 2.74. The Morgan fingerprint density at radius 2 is 1.27 bits per heavy atom. The Kier molecular flexibility index (Phi) is 7.59. The number of phenols is 2. The summed E-state index contributed by atoms with van der Waals surface area (Å²) in [6.07, 6.45) is 7.10.